The molecule has 0 saturated carbocycles. The molecule has 0 fully saturated rings. The summed E-state index contributed by atoms with van der Waals surface area (Å²) >= 11 is 9.04. The molecule has 0 aliphatic rings. The molecule has 1 heterocycles. The van der Waals surface area contributed by atoms with Gasteiger partial charge in [0.1, 0.15) is 11.2 Å². The third-order valence-corrected chi connectivity index (χ3v) is 3.92. The zero-order valence-electron chi connectivity index (χ0n) is 10.7. The lowest BCUT2D eigenvalue weighted by Crippen LogP contribution is -2.27. The second-order valence-corrected chi connectivity index (χ2v) is 5.59. The Hall–Kier alpha value is -1.43. The number of anilines is 1. The van der Waals surface area contributed by atoms with Gasteiger partial charge in [-0.15, -0.1) is 0 Å². The Morgan fingerprint density at radius 3 is 2.65 bits per heavy atom. The second kappa shape index (κ2) is 6.35. The highest BCUT2D eigenvalue weighted by molar-refractivity contribution is 9.10. The molecule has 1 aromatic carbocycles. The monoisotopic (exact) mass is 353 g/mol. The Balaban J connectivity index is 2.11. The van der Waals surface area contributed by atoms with Crippen molar-refractivity contribution in [1.29, 1.82) is 0 Å². The first kappa shape index (κ1) is 15.0. The summed E-state index contributed by atoms with van der Waals surface area (Å²) in [5.41, 5.74) is 8.35. The summed E-state index contributed by atoms with van der Waals surface area (Å²) < 4.78 is 0.612. The fourth-order valence-corrected chi connectivity index (χ4v) is 2.09. The van der Waals surface area contributed by atoms with Crippen LogP contribution in [0.3, 0.4) is 0 Å². The maximum absolute atomic E-state index is 12.1. The number of nitrogens with two attached hydrogens (primary N) is 1. The molecule has 0 radical (unpaired) electrons. The van der Waals surface area contributed by atoms with Gasteiger partial charge in [-0.3, -0.25) is 4.79 Å². The fraction of sp³-hybridized carbons (Fsp3) is 0.143. The van der Waals surface area contributed by atoms with Crippen molar-refractivity contribution in [1.82, 2.24) is 4.98 Å². The summed E-state index contributed by atoms with van der Waals surface area (Å²) in [6.45, 7) is 1.98. The fourth-order valence-electron chi connectivity index (χ4n) is 1.63. The SMILES string of the molecule is Cc1ccc(C(N)C(=O)Nc2cnc(Cl)c(Br)c2)cc1. The first-order chi connectivity index (χ1) is 9.47. The van der Waals surface area contributed by atoms with Gasteiger partial charge in [0.15, 0.2) is 0 Å². The van der Waals surface area contributed by atoms with Gasteiger partial charge >= 0.3 is 0 Å². The molecule has 104 valence electrons. The average molecular weight is 355 g/mol. The van der Waals surface area contributed by atoms with E-state index in [1.165, 1.54) is 6.20 Å². The molecule has 4 nitrogen and oxygen atoms in total. The van der Waals surface area contributed by atoms with Crippen LogP contribution in [0.5, 0.6) is 0 Å². The van der Waals surface area contributed by atoms with Gasteiger partial charge in [0.25, 0.3) is 0 Å². The predicted octanol–water partition coefficient (Wildman–Crippen LogP) is 3.44. The number of nitrogens with one attached hydrogen (secondary N) is 1. The van der Waals surface area contributed by atoms with Crippen molar-refractivity contribution in [3.63, 3.8) is 0 Å². The molecule has 0 aliphatic heterocycles. The lowest BCUT2D eigenvalue weighted by Gasteiger charge is -2.13. The van der Waals surface area contributed by atoms with Crippen LogP contribution in [0.25, 0.3) is 0 Å². The number of carbonyl (C=O) groups is 1. The Bertz CT molecular complexity index is 631. The summed E-state index contributed by atoms with van der Waals surface area (Å²) in [7, 11) is 0. The van der Waals surface area contributed by atoms with Gasteiger partial charge in [-0.05, 0) is 34.5 Å². The molecule has 1 amide bonds. The molecule has 1 atom stereocenters. The molecule has 0 bridgehead atoms. The number of aryl methyl sites for hydroxylation is 1. The van der Waals surface area contributed by atoms with Crippen molar-refractivity contribution in [2.24, 2.45) is 5.73 Å². The molecular weight excluding hydrogens is 342 g/mol. The summed E-state index contributed by atoms with van der Waals surface area (Å²) in [4.78, 5) is 16.0. The van der Waals surface area contributed by atoms with Gasteiger partial charge in [0, 0.05) is 0 Å². The van der Waals surface area contributed by atoms with E-state index >= 15 is 0 Å². The van der Waals surface area contributed by atoms with Crippen molar-refractivity contribution in [3.8, 4) is 0 Å². The van der Waals surface area contributed by atoms with E-state index in [-0.39, 0.29) is 5.91 Å². The number of nitrogens with zero attached hydrogens (tertiary/aromatic N) is 1. The van der Waals surface area contributed by atoms with E-state index in [1.54, 1.807) is 6.07 Å². The van der Waals surface area contributed by atoms with E-state index in [2.05, 4.69) is 26.2 Å². The van der Waals surface area contributed by atoms with Crippen LogP contribution in [0.4, 0.5) is 5.69 Å². The number of hydrogen-bond acceptors (Lipinski definition) is 3. The third kappa shape index (κ3) is 3.56. The maximum Gasteiger partial charge on any atom is 0.245 e. The third-order valence-electron chi connectivity index (χ3n) is 2.78. The van der Waals surface area contributed by atoms with E-state index in [4.69, 9.17) is 17.3 Å². The largest absolute Gasteiger partial charge is 0.323 e. The lowest BCUT2D eigenvalue weighted by atomic mass is 10.1. The van der Waals surface area contributed by atoms with Crippen molar-refractivity contribution in [3.05, 3.63) is 57.3 Å². The van der Waals surface area contributed by atoms with Gasteiger partial charge in [-0.1, -0.05) is 41.4 Å². The van der Waals surface area contributed by atoms with Crippen LogP contribution < -0.4 is 11.1 Å². The van der Waals surface area contributed by atoms with Crippen molar-refractivity contribution < 1.29 is 4.79 Å². The number of hydrogen-bond donors (Lipinski definition) is 2. The lowest BCUT2D eigenvalue weighted by molar-refractivity contribution is -0.117. The highest BCUT2D eigenvalue weighted by atomic mass is 79.9. The number of aromatic nitrogens is 1. The Kier molecular flexibility index (Phi) is 4.75. The zero-order valence-corrected chi connectivity index (χ0v) is 13.1. The van der Waals surface area contributed by atoms with Gasteiger partial charge in [0.05, 0.1) is 16.4 Å². The number of halogens is 2. The van der Waals surface area contributed by atoms with E-state index in [9.17, 15) is 4.79 Å². The Morgan fingerprint density at radius 2 is 2.05 bits per heavy atom. The first-order valence-corrected chi connectivity index (χ1v) is 7.08. The standard InChI is InChI=1S/C14H13BrClN3O/c1-8-2-4-9(5-3-8)12(17)14(20)19-10-6-11(15)13(16)18-7-10/h2-7,12H,17H2,1H3,(H,19,20). The number of benzene rings is 1. The molecule has 6 heteroatoms. The predicted molar refractivity (Wildman–Crippen MR) is 83.7 cm³/mol. The quantitative estimate of drug-likeness (QED) is 0.830. The Morgan fingerprint density at radius 1 is 1.40 bits per heavy atom. The van der Waals surface area contributed by atoms with Crippen molar-refractivity contribution in [2.45, 2.75) is 13.0 Å². The summed E-state index contributed by atoms with van der Waals surface area (Å²) in [5, 5.41) is 3.05. The molecule has 2 rings (SSSR count). The van der Waals surface area contributed by atoms with Crippen LogP contribution in [-0.4, -0.2) is 10.9 Å². The van der Waals surface area contributed by atoms with Crippen LogP contribution in [0, 0.1) is 6.92 Å². The van der Waals surface area contributed by atoms with Crippen molar-refractivity contribution >= 4 is 39.1 Å². The van der Waals surface area contributed by atoms with Crippen LogP contribution in [0.2, 0.25) is 5.15 Å². The van der Waals surface area contributed by atoms with Crippen LogP contribution in [0.15, 0.2) is 41.0 Å². The Labute approximate surface area is 130 Å². The summed E-state index contributed by atoms with van der Waals surface area (Å²) in [6, 6.07) is 8.47. The van der Waals surface area contributed by atoms with Crippen LogP contribution in [-0.2, 0) is 4.79 Å². The molecule has 1 aromatic heterocycles. The molecule has 20 heavy (non-hydrogen) atoms. The minimum absolute atomic E-state index is 0.301. The molecule has 2 aromatic rings. The molecule has 0 aliphatic carbocycles. The zero-order chi connectivity index (χ0) is 14.7. The molecular formula is C14H13BrClN3O. The molecule has 0 spiro atoms. The highest BCUT2D eigenvalue weighted by Gasteiger charge is 2.16. The molecule has 1 unspecified atom stereocenters. The topological polar surface area (TPSA) is 68.0 Å². The van der Waals surface area contributed by atoms with Crippen LogP contribution in [0.1, 0.15) is 17.2 Å². The average Bonchev–Trinajstić information content (AvgIpc) is 2.43. The number of amides is 1. The van der Waals surface area contributed by atoms with Crippen LogP contribution >= 0.6 is 27.5 Å². The molecule has 0 saturated heterocycles. The summed E-state index contributed by atoms with van der Waals surface area (Å²) in [5.74, 6) is -0.301. The normalized spacial score (nSPS) is 12.0. The van der Waals surface area contributed by atoms with Gasteiger partial charge < -0.3 is 11.1 Å². The number of pyridine rings is 1. The second-order valence-electron chi connectivity index (χ2n) is 4.37. The van der Waals surface area contributed by atoms with E-state index in [0.717, 1.165) is 11.1 Å². The number of carbonyl (C=O) groups excluding carboxylic acids is 1. The summed E-state index contributed by atoms with van der Waals surface area (Å²) in [6.07, 6.45) is 1.48. The first-order valence-electron chi connectivity index (χ1n) is 5.91. The van der Waals surface area contributed by atoms with E-state index in [0.29, 0.717) is 15.3 Å². The highest BCUT2D eigenvalue weighted by Crippen LogP contribution is 2.23. The molecule has 3 N–H and O–H groups in total. The van der Waals surface area contributed by atoms with E-state index in [1.807, 2.05) is 31.2 Å². The van der Waals surface area contributed by atoms with Gasteiger partial charge in [0.2, 0.25) is 5.91 Å². The smallest absolute Gasteiger partial charge is 0.245 e. The van der Waals surface area contributed by atoms with E-state index < -0.39 is 6.04 Å². The minimum atomic E-state index is -0.731. The van der Waals surface area contributed by atoms with Gasteiger partial charge in [-0.25, -0.2) is 4.98 Å². The van der Waals surface area contributed by atoms with Gasteiger partial charge in [-0.2, -0.15) is 0 Å². The number of rotatable bonds is 3. The minimum Gasteiger partial charge on any atom is -0.323 e. The van der Waals surface area contributed by atoms with Crippen molar-refractivity contribution in [2.75, 3.05) is 5.32 Å². The maximum atomic E-state index is 12.1.